The zero-order valence-corrected chi connectivity index (χ0v) is 16.4. The molecule has 1 aliphatic carbocycles. The van der Waals surface area contributed by atoms with Crippen LogP contribution in [0, 0.1) is 5.41 Å². The van der Waals surface area contributed by atoms with Crippen LogP contribution < -0.4 is 4.74 Å². The van der Waals surface area contributed by atoms with Gasteiger partial charge in [-0.1, -0.05) is 43.6 Å². The van der Waals surface area contributed by atoms with E-state index in [1.165, 1.54) is 31.2 Å². The van der Waals surface area contributed by atoms with Crippen LogP contribution in [0.5, 0.6) is 5.75 Å². The monoisotopic (exact) mass is 380 g/mol. The normalized spacial score (nSPS) is 34.0. The molecule has 0 aromatic heterocycles. The standard InChI is InChI=1S/C18H23BrO2.C2H6/c1-17(2)10-16(18-7-5-13(6-8-18)20-11-18)21-15-4-3-12(19)9-14(15)17;1-2/h3-4,9,13,16H,5-8,10-11H2,1-2H3;1-2H3. The minimum absolute atomic E-state index is 0.158. The Morgan fingerprint density at radius 2 is 1.83 bits per heavy atom. The summed E-state index contributed by atoms with van der Waals surface area (Å²) in [6, 6.07) is 6.43. The third-order valence-electron chi connectivity index (χ3n) is 5.85. The van der Waals surface area contributed by atoms with E-state index in [0.717, 1.165) is 23.2 Å². The lowest BCUT2D eigenvalue weighted by Gasteiger charge is -2.53. The quantitative estimate of drug-likeness (QED) is 0.606. The zero-order valence-electron chi connectivity index (χ0n) is 14.8. The summed E-state index contributed by atoms with van der Waals surface area (Å²) in [6.07, 6.45) is 6.87. The summed E-state index contributed by atoms with van der Waals surface area (Å²) in [4.78, 5) is 0. The highest BCUT2D eigenvalue weighted by Crippen LogP contribution is 2.52. The van der Waals surface area contributed by atoms with Crippen LogP contribution in [-0.4, -0.2) is 18.8 Å². The van der Waals surface area contributed by atoms with Crippen molar-refractivity contribution in [3.8, 4) is 5.75 Å². The molecule has 0 radical (unpaired) electrons. The molecule has 0 amide bonds. The number of benzene rings is 1. The molecule has 0 N–H and O–H groups in total. The minimum Gasteiger partial charge on any atom is -0.489 e. The fraction of sp³-hybridized carbons (Fsp3) is 0.700. The molecule has 3 heteroatoms. The molecule has 3 fully saturated rings. The highest BCUT2D eigenvalue weighted by Gasteiger charge is 2.51. The molecule has 3 heterocycles. The Hall–Kier alpha value is -0.540. The summed E-state index contributed by atoms with van der Waals surface area (Å²) < 4.78 is 13.6. The summed E-state index contributed by atoms with van der Waals surface area (Å²) in [5, 5.41) is 0. The molecular weight excluding hydrogens is 352 g/mol. The molecule has 1 saturated carbocycles. The van der Waals surface area contributed by atoms with Gasteiger partial charge in [-0.25, -0.2) is 0 Å². The van der Waals surface area contributed by atoms with Crippen molar-refractivity contribution >= 4 is 15.9 Å². The zero-order chi connectivity index (χ0) is 16.7. The average Bonchev–Trinajstić information content (AvgIpc) is 2.58. The largest absolute Gasteiger partial charge is 0.489 e. The van der Waals surface area contributed by atoms with Gasteiger partial charge in [0.1, 0.15) is 11.9 Å². The predicted octanol–water partition coefficient (Wildman–Crippen LogP) is 5.86. The summed E-state index contributed by atoms with van der Waals surface area (Å²) in [5.74, 6) is 1.07. The van der Waals surface area contributed by atoms with Gasteiger partial charge in [-0.05, 0) is 55.7 Å². The highest BCUT2D eigenvalue weighted by molar-refractivity contribution is 9.10. The van der Waals surface area contributed by atoms with E-state index in [0.29, 0.717) is 12.2 Å². The minimum atomic E-state index is 0.158. The van der Waals surface area contributed by atoms with Gasteiger partial charge >= 0.3 is 0 Å². The second-order valence-corrected chi connectivity index (χ2v) is 8.62. The molecule has 3 aliphatic heterocycles. The molecule has 1 unspecified atom stereocenters. The summed E-state index contributed by atoms with van der Waals surface area (Å²) in [5.41, 5.74) is 1.73. The Morgan fingerprint density at radius 1 is 1.13 bits per heavy atom. The Labute approximate surface area is 149 Å². The lowest BCUT2D eigenvalue weighted by Crippen LogP contribution is -2.54. The summed E-state index contributed by atoms with van der Waals surface area (Å²) >= 11 is 3.59. The van der Waals surface area contributed by atoms with E-state index in [2.05, 4.69) is 48.0 Å². The highest BCUT2D eigenvalue weighted by atomic mass is 79.9. The van der Waals surface area contributed by atoms with E-state index in [4.69, 9.17) is 9.47 Å². The van der Waals surface area contributed by atoms with Gasteiger partial charge in [0, 0.05) is 15.5 Å². The lowest BCUT2D eigenvalue weighted by molar-refractivity contribution is -0.160. The van der Waals surface area contributed by atoms with Crippen LogP contribution in [0.15, 0.2) is 22.7 Å². The van der Waals surface area contributed by atoms with E-state index in [1.807, 2.05) is 13.8 Å². The number of hydrogen-bond acceptors (Lipinski definition) is 2. The molecule has 0 spiro atoms. The first-order valence-corrected chi connectivity index (χ1v) is 9.86. The maximum Gasteiger partial charge on any atom is 0.123 e. The number of fused-ring (bicyclic) bond motifs is 4. The number of rotatable bonds is 1. The maximum absolute atomic E-state index is 6.48. The number of halogens is 1. The van der Waals surface area contributed by atoms with Crippen LogP contribution in [0.2, 0.25) is 0 Å². The van der Waals surface area contributed by atoms with E-state index in [9.17, 15) is 0 Å². The first kappa shape index (κ1) is 17.3. The van der Waals surface area contributed by atoms with Crippen molar-refractivity contribution in [2.24, 2.45) is 5.41 Å². The Morgan fingerprint density at radius 3 is 2.43 bits per heavy atom. The molecule has 2 bridgehead atoms. The van der Waals surface area contributed by atoms with Crippen LogP contribution in [0.25, 0.3) is 0 Å². The van der Waals surface area contributed by atoms with Crippen LogP contribution in [0.3, 0.4) is 0 Å². The smallest absolute Gasteiger partial charge is 0.123 e. The molecule has 23 heavy (non-hydrogen) atoms. The third kappa shape index (κ3) is 3.07. The lowest BCUT2D eigenvalue weighted by atomic mass is 9.63. The first-order chi connectivity index (χ1) is 11.0. The first-order valence-electron chi connectivity index (χ1n) is 9.07. The van der Waals surface area contributed by atoms with Crippen LogP contribution >= 0.6 is 15.9 Å². The van der Waals surface area contributed by atoms with Crippen molar-refractivity contribution in [1.82, 2.24) is 0 Å². The molecule has 1 aromatic carbocycles. The average molecular weight is 381 g/mol. The van der Waals surface area contributed by atoms with Crippen LogP contribution in [0.1, 0.15) is 65.4 Å². The Kier molecular flexibility index (Phi) is 4.81. The molecule has 2 nitrogen and oxygen atoms in total. The molecule has 4 aliphatic rings. The van der Waals surface area contributed by atoms with Crippen LogP contribution in [-0.2, 0) is 10.2 Å². The van der Waals surface area contributed by atoms with Crippen molar-refractivity contribution in [3.63, 3.8) is 0 Å². The van der Waals surface area contributed by atoms with Crippen molar-refractivity contribution in [3.05, 3.63) is 28.2 Å². The van der Waals surface area contributed by atoms with Gasteiger partial charge in [0.25, 0.3) is 0 Å². The van der Waals surface area contributed by atoms with E-state index in [-0.39, 0.29) is 10.8 Å². The second-order valence-electron chi connectivity index (χ2n) is 7.71. The number of ether oxygens (including phenoxy) is 2. The van der Waals surface area contributed by atoms with Crippen molar-refractivity contribution in [2.45, 2.75) is 77.4 Å². The molecule has 128 valence electrons. The SMILES string of the molecule is CC.CC1(C)CC(C23CCC(CC2)OC3)Oc2ccc(Br)cc21. The fourth-order valence-electron chi connectivity index (χ4n) is 4.42. The van der Waals surface area contributed by atoms with E-state index < -0.39 is 0 Å². The Balaban J connectivity index is 0.000000753. The molecule has 1 atom stereocenters. The summed E-state index contributed by atoms with van der Waals surface area (Å²) in [7, 11) is 0. The topological polar surface area (TPSA) is 18.5 Å². The van der Waals surface area contributed by atoms with Gasteiger partial charge in [-0.15, -0.1) is 0 Å². The molecule has 1 aromatic rings. The van der Waals surface area contributed by atoms with Gasteiger partial charge in [-0.3, -0.25) is 0 Å². The van der Waals surface area contributed by atoms with Gasteiger partial charge in [0.05, 0.1) is 12.7 Å². The number of hydrogen-bond donors (Lipinski definition) is 0. The molecule has 5 rings (SSSR count). The summed E-state index contributed by atoms with van der Waals surface area (Å²) in [6.45, 7) is 9.59. The third-order valence-corrected chi connectivity index (χ3v) is 6.35. The van der Waals surface area contributed by atoms with Crippen LogP contribution in [0.4, 0.5) is 0 Å². The maximum atomic E-state index is 6.48. The van der Waals surface area contributed by atoms with Crippen molar-refractivity contribution < 1.29 is 9.47 Å². The predicted molar refractivity (Wildman–Crippen MR) is 98.2 cm³/mol. The van der Waals surface area contributed by atoms with Crippen molar-refractivity contribution in [2.75, 3.05) is 6.61 Å². The Bertz CT molecular complexity index is 545. The van der Waals surface area contributed by atoms with E-state index >= 15 is 0 Å². The van der Waals surface area contributed by atoms with Crippen molar-refractivity contribution in [1.29, 1.82) is 0 Å². The van der Waals surface area contributed by atoms with E-state index in [1.54, 1.807) is 0 Å². The van der Waals surface area contributed by atoms with Gasteiger partial charge in [0.2, 0.25) is 0 Å². The van der Waals surface area contributed by atoms with Gasteiger partial charge in [-0.2, -0.15) is 0 Å². The molecule has 2 saturated heterocycles. The second kappa shape index (κ2) is 6.40. The molecular formula is C20H29BrO2. The fourth-order valence-corrected chi connectivity index (χ4v) is 4.78. The van der Waals surface area contributed by atoms with Gasteiger partial charge < -0.3 is 9.47 Å². The van der Waals surface area contributed by atoms with Gasteiger partial charge in [0.15, 0.2) is 0 Å².